The van der Waals surface area contributed by atoms with Gasteiger partial charge in [0.15, 0.2) is 0 Å². The van der Waals surface area contributed by atoms with Gasteiger partial charge in [-0.15, -0.1) is 0 Å². The molecule has 0 saturated carbocycles. The minimum atomic E-state index is -1.88. The molecule has 9 aromatic rings. The molecule has 0 aliphatic carbocycles. The van der Waals surface area contributed by atoms with Crippen LogP contribution in [0.1, 0.15) is 247 Å². The van der Waals surface area contributed by atoms with Crippen LogP contribution in [-0.4, -0.2) is 53.6 Å². The molecule has 9 heteroatoms. The Hall–Kier alpha value is -4.35. The highest BCUT2D eigenvalue weighted by Crippen LogP contribution is 2.59. The van der Waals surface area contributed by atoms with Crippen LogP contribution in [0.5, 0.6) is 0 Å². The van der Waals surface area contributed by atoms with Crippen molar-refractivity contribution in [2.75, 3.05) is 38.3 Å². The molecule has 0 aromatic heterocycles. The largest absolute Gasteiger partial charge is 1.00 e. The minimum absolute atomic E-state index is 0. The van der Waals surface area contributed by atoms with Crippen LogP contribution in [-0.2, 0) is 0 Å². The summed E-state index contributed by atoms with van der Waals surface area (Å²) >= 11 is 0. The van der Waals surface area contributed by atoms with Crippen molar-refractivity contribution < 1.29 is 68.7 Å². The van der Waals surface area contributed by atoms with Crippen LogP contribution in [0.2, 0.25) is 0 Å². The average molecular weight is 1590 g/mol. The highest BCUT2D eigenvalue weighted by Gasteiger charge is 2.48. The molecule has 0 fully saturated rings. The van der Waals surface area contributed by atoms with E-state index in [9.17, 15) is 15.3 Å². The van der Waals surface area contributed by atoms with E-state index in [4.69, 9.17) is 0 Å². The summed E-state index contributed by atoms with van der Waals surface area (Å²) in [6.07, 6.45) is 5.35. The zero-order valence-electron chi connectivity index (χ0n) is 63.2. The number of aliphatic hydroxyl groups is 3. The Kier molecular flexibility index (Phi) is 36.2. The monoisotopic (exact) mass is 1580 g/mol. The molecule has 0 amide bonds. The van der Waals surface area contributed by atoms with Crippen LogP contribution in [0.4, 0.5) is 0 Å². The molecule has 3 N–H and O–H groups in total. The number of benzene rings is 9. The smallest absolute Gasteiger partial charge is 0.112 e. The predicted molar refractivity (Wildman–Crippen MR) is 432 cm³/mol. The summed E-state index contributed by atoms with van der Waals surface area (Å²) in [5, 5.41) is 42.2. The third-order valence-corrected chi connectivity index (χ3v) is 33.5. The van der Waals surface area contributed by atoms with Gasteiger partial charge in [-0.1, -0.05) is 234 Å². The third-order valence-electron chi connectivity index (χ3n) is 20.0. The Morgan fingerprint density at radius 2 is 0.293 bits per heavy atom. The number of rotatable bonds is 27. The fraction of sp³-hybridized carbons (Fsp3) is 0.400. The molecule has 9 aromatic carbocycles. The molecule has 0 saturated heterocycles. The van der Waals surface area contributed by atoms with E-state index in [2.05, 4.69) is 343 Å². The first-order chi connectivity index (χ1) is 45.9. The highest BCUT2D eigenvalue weighted by molar-refractivity contribution is 7.96. The van der Waals surface area contributed by atoms with E-state index in [1.54, 1.807) is 0 Å². The van der Waals surface area contributed by atoms with Crippen LogP contribution in [0.15, 0.2) is 218 Å². The van der Waals surface area contributed by atoms with Gasteiger partial charge in [-0.3, -0.25) is 0 Å². The van der Waals surface area contributed by atoms with Crippen LogP contribution in [0.25, 0.3) is 0 Å². The fourth-order valence-corrected chi connectivity index (χ4v) is 26.2. The lowest BCUT2D eigenvalue weighted by molar-refractivity contribution is -0.00100. The van der Waals surface area contributed by atoms with Gasteiger partial charge in [0.25, 0.3) is 0 Å². The average Bonchev–Trinajstić information content (AvgIpc) is 0.768. The molecular formula is C90H120BrClIO3P3. The number of hydrogen-bond acceptors (Lipinski definition) is 3. The first kappa shape index (κ1) is 87.1. The molecule has 0 heterocycles. The summed E-state index contributed by atoms with van der Waals surface area (Å²) in [6, 6.07) is 83.9. The minimum Gasteiger partial charge on any atom is -1.00 e. The van der Waals surface area contributed by atoms with Gasteiger partial charge in [0.05, 0.1) is 18.5 Å². The topological polar surface area (TPSA) is 60.7 Å². The van der Waals surface area contributed by atoms with Crippen LogP contribution in [0.3, 0.4) is 0 Å². The highest BCUT2D eigenvalue weighted by atomic mass is 127. The van der Waals surface area contributed by atoms with Gasteiger partial charge < -0.3 is 68.7 Å². The maximum atomic E-state index is 9.84. The van der Waals surface area contributed by atoms with Gasteiger partial charge >= 0.3 is 0 Å². The Morgan fingerprint density at radius 3 is 0.364 bits per heavy atom. The van der Waals surface area contributed by atoms with Crippen molar-refractivity contribution in [3.8, 4) is 0 Å². The normalized spacial score (nSPS) is 11.8. The summed E-state index contributed by atoms with van der Waals surface area (Å²) in [4.78, 5) is 0. The second-order valence-corrected chi connectivity index (χ2v) is 40.4. The number of hydrogen-bond donors (Lipinski definition) is 3. The molecule has 0 radical (unpaired) electrons. The lowest BCUT2D eigenvalue weighted by atomic mass is 10.0. The van der Waals surface area contributed by atoms with Crippen molar-refractivity contribution in [2.24, 2.45) is 0 Å². The Bertz CT molecular complexity index is 2940. The maximum absolute atomic E-state index is 9.84. The van der Waals surface area contributed by atoms with Crippen LogP contribution < -0.4 is 101 Å². The van der Waals surface area contributed by atoms with Crippen molar-refractivity contribution in [3.63, 3.8) is 0 Å². The summed E-state index contributed by atoms with van der Waals surface area (Å²) in [7, 11) is -5.64. The lowest BCUT2D eigenvalue weighted by Gasteiger charge is -2.28. The fourth-order valence-electron chi connectivity index (χ4n) is 13.5. The van der Waals surface area contributed by atoms with Gasteiger partial charge in [-0.25, -0.2) is 0 Å². The summed E-state index contributed by atoms with van der Waals surface area (Å²) in [6.45, 7) is 41.1. The zero-order valence-corrected chi connectivity index (χ0v) is 70.3. The van der Waals surface area contributed by atoms with Crippen molar-refractivity contribution in [1.29, 1.82) is 0 Å². The van der Waals surface area contributed by atoms with Crippen molar-refractivity contribution in [3.05, 3.63) is 268 Å². The SMILES string of the molecule is CC(C)c1ccc([P+](CCCO)(c2ccc(C(C)C)cc2)c2ccc(C(C)C)cc2)cc1.CC(C)c1ccc([P+](CCCO)(c2ccc(C(C)C)cc2)c2ccc(C(C)C)cc2)cc1.CC(C)c1ccc([P+](CCCO)(c2ccc(C(C)C)cc2)c2ccc(C(C)C)cc2)cc1.[Br-].[Cl-].[I-]. The molecule has 9 rings (SSSR count). The first-order valence-electron chi connectivity index (χ1n) is 36.3. The molecule has 0 unspecified atom stereocenters. The molecule has 3 nitrogen and oxygen atoms in total. The van der Waals surface area contributed by atoms with E-state index in [1.165, 1.54) is 97.8 Å². The van der Waals surface area contributed by atoms with Gasteiger partial charge in [0.1, 0.15) is 69.5 Å². The zero-order chi connectivity index (χ0) is 69.9. The molecule has 99 heavy (non-hydrogen) atoms. The quantitative estimate of drug-likeness (QED) is 0.0355. The standard InChI is InChI=1S/3C30H40OP.BrH.ClH.HI/c3*1-22(2)25-8-14-28(15-9-25)32(21-7-20-31,29-16-10-26(11-17-29)23(3)4)30-18-12-27(13-19-30)24(5)6;;;/h3*8-19,22-24,31H,7,20-21H2,1-6H3;3*1H/q3*+1;;;/p-3. The van der Waals surface area contributed by atoms with E-state index in [-0.39, 0.29) is 73.2 Å². The second kappa shape index (κ2) is 41.2. The van der Waals surface area contributed by atoms with Crippen LogP contribution >= 0.6 is 21.8 Å². The van der Waals surface area contributed by atoms with Gasteiger partial charge in [0.2, 0.25) is 0 Å². The van der Waals surface area contributed by atoms with Crippen LogP contribution in [0, 0.1) is 0 Å². The number of aliphatic hydroxyl groups excluding tert-OH is 3. The van der Waals surface area contributed by atoms with Gasteiger partial charge in [-0.2, -0.15) is 0 Å². The van der Waals surface area contributed by atoms with E-state index in [1.807, 2.05) is 0 Å². The van der Waals surface area contributed by atoms with E-state index in [0.29, 0.717) is 53.3 Å². The first-order valence-corrected chi connectivity index (χ1v) is 42.2. The van der Waals surface area contributed by atoms with Gasteiger partial charge in [-0.05, 0) is 213 Å². The summed E-state index contributed by atoms with van der Waals surface area (Å²) in [5.74, 6) is 4.67. The molecular weight excluding hydrogens is 1460 g/mol. The van der Waals surface area contributed by atoms with E-state index >= 15 is 0 Å². The predicted octanol–water partition coefficient (Wildman–Crippen LogP) is 11.2. The maximum Gasteiger partial charge on any atom is 0.112 e. The molecule has 0 aliphatic rings. The lowest BCUT2D eigenvalue weighted by Crippen LogP contribution is -3.00. The number of halogens is 3. The van der Waals surface area contributed by atoms with Crippen molar-refractivity contribution in [2.45, 2.75) is 197 Å². The van der Waals surface area contributed by atoms with E-state index in [0.717, 1.165) is 37.7 Å². The molecule has 0 aliphatic heterocycles. The van der Waals surface area contributed by atoms with Gasteiger partial charge in [0, 0.05) is 39.1 Å². The van der Waals surface area contributed by atoms with Crippen molar-refractivity contribution >= 4 is 69.5 Å². The third kappa shape index (κ3) is 21.6. The summed E-state index contributed by atoms with van der Waals surface area (Å²) in [5.41, 5.74) is 12.4. The van der Waals surface area contributed by atoms with E-state index < -0.39 is 21.8 Å². The second-order valence-electron chi connectivity index (χ2n) is 29.5. The Morgan fingerprint density at radius 1 is 0.202 bits per heavy atom. The molecule has 534 valence electrons. The Labute approximate surface area is 636 Å². The molecule has 0 atom stereocenters. The molecule has 0 spiro atoms. The Balaban J connectivity index is 0.000000311. The van der Waals surface area contributed by atoms with Crippen molar-refractivity contribution in [1.82, 2.24) is 0 Å². The molecule has 0 bridgehead atoms. The summed E-state index contributed by atoms with van der Waals surface area (Å²) < 4.78 is 0.